The second kappa shape index (κ2) is 10.4. The standard InChI is InChI=1S/C26H27N5OS2/c1-18(22-11-8-16-33-22)27-28-23(32)17-34-25-30-29-24(31(25)21-9-6-5-7-10-21)19-12-14-20(15-13-19)26(2,3)4/h5-16H,17H2,1-4H3,(H,28,32)/b27-18+. The monoisotopic (exact) mass is 489 g/mol. The number of nitrogens with one attached hydrogen (secondary N) is 1. The van der Waals surface area contributed by atoms with Gasteiger partial charge in [-0.3, -0.25) is 9.36 Å². The lowest BCUT2D eigenvalue weighted by atomic mass is 9.87. The zero-order chi connectivity index (χ0) is 24.1. The van der Waals surface area contributed by atoms with Gasteiger partial charge in [-0.05, 0) is 41.5 Å². The van der Waals surface area contributed by atoms with Crippen LogP contribution in [0, 0.1) is 0 Å². The Kier molecular flexibility index (Phi) is 7.29. The number of benzene rings is 2. The van der Waals surface area contributed by atoms with E-state index >= 15 is 0 Å². The molecule has 0 aliphatic carbocycles. The van der Waals surface area contributed by atoms with Crippen molar-refractivity contribution < 1.29 is 4.79 Å². The van der Waals surface area contributed by atoms with E-state index < -0.39 is 0 Å². The minimum Gasteiger partial charge on any atom is -0.272 e. The Bertz CT molecular complexity index is 1270. The Morgan fingerprint density at radius 1 is 1.03 bits per heavy atom. The lowest BCUT2D eigenvalue weighted by Crippen LogP contribution is -2.21. The van der Waals surface area contributed by atoms with Gasteiger partial charge in [0.15, 0.2) is 11.0 Å². The van der Waals surface area contributed by atoms with Crippen molar-refractivity contribution >= 4 is 34.7 Å². The molecule has 2 aromatic heterocycles. The van der Waals surface area contributed by atoms with Crippen LogP contribution in [0.3, 0.4) is 0 Å². The van der Waals surface area contributed by atoms with Crippen LogP contribution in [0.5, 0.6) is 0 Å². The minimum atomic E-state index is -0.195. The fourth-order valence-corrected chi connectivity index (χ4v) is 4.75. The normalized spacial score (nSPS) is 12.1. The van der Waals surface area contributed by atoms with E-state index in [0.29, 0.717) is 5.16 Å². The van der Waals surface area contributed by atoms with Gasteiger partial charge in [-0.1, -0.05) is 81.1 Å². The molecule has 1 N–H and O–H groups in total. The number of thiophene rings is 1. The number of hydrogen-bond donors (Lipinski definition) is 1. The third-order valence-corrected chi connectivity index (χ3v) is 7.12. The summed E-state index contributed by atoms with van der Waals surface area (Å²) in [6.07, 6.45) is 0. The third kappa shape index (κ3) is 5.63. The molecule has 0 aliphatic heterocycles. The molecule has 0 fully saturated rings. The summed E-state index contributed by atoms with van der Waals surface area (Å²) in [7, 11) is 0. The molecule has 0 bridgehead atoms. The fourth-order valence-electron chi connectivity index (χ4n) is 3.33. The molecule has 2 aromatic carbocycles. The van der Waals surface area contributed by atoms with Gasteiger partial charge in [-0.15, -0.1) is 21.5 Å². The molecule has 0 atom stereocenters. The number of thioether (sulfide) groups is 1. The summed E-state index contributed by atoms with van der Waals surface area (Å²) in [5, 5.41) is 15.7. The molecule has 1 amide bonds. The average molecular weight is 490 g/mol. The number of carbonyl (C=O) groups is 1. The lowest BCUT2D eigenvalue weighted by molar-refractivity contribution is -0.118. The van der Waals surface area contributed by atoms with Crippen molar-refractivity contribution in [2.45, 2.75) is 38.3 Å². The van der Waals surface area contributed by atoms with E-state index in [1.54, 1.807) is 11.3 Å². The van der Waals surface area contributed by atoms with Gasteiger partial charge in [-0.25, -0.2) is 5.43 Å². The highest BCUT2D eigenvalue weighted by molar-refractivity contribution is 7.99. The minimum absolute atomic E-state index is 0.0738. The summed E-state index contributed by atoms with van der Waals surface area (Å²) in [5.41, 5.74) is 6.66. The van der Waals surface area contributed by atoms with Crippen LogP contribution in [0.15, 0.2) is 82.4 Å². The van der Waals surface area contributed by atoms with Gasteiger partial charge in [0.2, 0.25) is 0 Å². The number of rotatable bonds is 7. The molecule has 8 heteroatoms. The van der Waals surface area contributed by atoms with Crippen LogP contribution in [0.4, 0.5) is 0 Å². The summed E-state index contributed by atoms with van der Waals surface area (Å²) in [6.45, 7) is 8.46. The van der Waals surface area contributed by atoms with Crippen LogP contribution in [-0.4, -0.2) is 32.1 Å². The van der Waals surface area contributed by atoms with Crippen molar-refractivity contribution in [3.63, 3.8) is 0 Å². The highest BCUT2D eigenvalue weighted by Crippen LogP contribution is 2.30. The first kappa shape index (κ1) is 23.9. The van der Waals surface area contributed by atoms with Gasteiger partial charge in [0.25, 0.3) is 5.91 Å². The Morgan fingerprint density at radius 2 is 1.76 bits per heavy atom. The number of hydrogen-bond acceptors (Lipinski definition) is 6. The third-order valence-electron chi connectivity index (χ3n) is 5.22. The van der Waals surface area contributed by atoms with E-state index in [0.717, 1.165) is 27.7 Å². The van der Waals surface area contributed by atoms with Gasteiger partial charge in [-0.2, -0.15) is 5.10 Å². The van der Waals surface area contributed by atoms with Crippen LogP contribution >= 0.6 is 23.1 Å². The van der Waals surface area contributed by atoms with Crippen molar-refractivity contribution in [1.82, 2.24) is 20.2 Å². The Morgan fingerprint density at radius 3 is 2.41 bits per heavy atom. The van der Waals surface area contributed by atoms with E-state index in [-0.39, 0.29) is 17.1 Å². The average Bonchev–Trinajstić information content (AvgIpc) is 3.52. The highest BCUT2D eigenvalue weighted by atomic mass is 32.2. The Balaban J connectivity index is 1.55. The molecule has 0 radical (unpaired) electrons. The van der Waals surface area contributed by atoms with Crippen LogP contribution < -0.4 is 5.43 Å². The molecule has 0 saturated heterocycles. The number of para-hydroxylation sites is 1. The van der Waals surface area contributed by atoms with Crippen molar-refractivity contribution in [1.29, 1.82) is 0 Å². The maximum atomic E-state index is 12.5. The number of carbonyl (C=O) groups excluding carboxylic acids is 1. The van der Waals surface area contributed by atoms with E-state index in [1.165, 1.54) is 17.3 Å². The Labute approximate surface area is 208 Å². The van der Waals surface area contributed by atoms with Gasteiger partial charge >= 0.3 is 0 Å². The van der Waals surface area contributed by atoms with E-state index in [9.17, 15) is 4.79 Å². The van der Waals surface area contributed by atoms with Crippen LogP contribution in [0.25, 0.3) is 17.1 Å². The summed E-state index contributed by atoms with van der Waals surface area (Å²) < 4.78 is 1.99. The predicted molar refractivity (Wildman–Crippen MR) is 141 cm³/mol. The molecule has 0 aliphatic rings. The summed E-state index contributed by atoms with van der Waals surface area (Å²) >= 11 is 2.92. The zero-order valence-corrected chi connectivity index (χ0v) is 21.3. The predicted octanol–water partition coefficient (Wildman–Crippen LogP) is 5.93. The van der Waals surface area contributed by atoms with Crippen LogP contribution in [-0.2, 0) is 10.2 Å². The molecule has 0 spiro atoms. The first-order chi connectivity index (χ1) is 16.3. The van der Waals surface area contributed by atoms with Gasteiger partial charge in [0.05, 0.1) is 11.5 Å². The lowest BCUT2D eigenvalue weighted by Gasteiger charge is -2.19. The second-order valence-electron chi connectivity index (χ2n) is 8.80. The highest BCUT2D eigenvalue weighted by Gasteiger charge is 2.19. The first-order valence-electron chi connectivity index (χ1n) is 10.9. The molecule has 0 saturated carbocycles. The molecule has 4 aromatic rings. The van der Waals surface area contributed by atoms with Gasteiger partial charge in [0.1, 0.15) is 0 Å². The van der Waals surface area contributed by atoms with Crippen LogP contribution in [0.2, 0.25) is 0 Å². The summed E-state index contributed by atoms with van der Waals surface area (Å²) in [4.78, 5) is 13.5. The van der Waals surface area contributed by atoms with Crippen LogP contribution in [0.1, 0.15) is 38.1 Å². The number of hydrazone groups is 1. The molecule has 6 nitrogen and oxygen atoms in total. The Hall–Kier alpha value is -3.23. The maximum Gasteiger partial charge on any atom is 0.250 e. The topological polar surface area (TPSA) is 72.2 Å². The first-order valence-corrected chi connectivity index (χ1v) is 12.8. The number of aromatic nitrogens is 3. The van der Waals surface area contributed by atoms with Crippen molar-refractivity contribution in [3.05, 3.63) is 82.6 Å². The zero-order valence-electron chi connectivity index (χ0n) is 19.6. The molecule has 34 heavy (non-hydrogen) atoms. The molecular weight excluding hydrogens is 462 g/mol. The van der Waals surface area contributed by atoms with Crippen molar-refractivity contribution in [2.75, 3.05) is 5.75 Å². The molecule has 174 valence electrons. The summed E-state index contributed by atoms with van der Waals surface area (Å²) in [5.74, 6) is 0.718. The molecule has 2 heterocycles. The van der Waals surface area contributed by atoms with E-state index in [2.05, 4.69) is 65.8 Å². The van der Waals surface area contributed by atoms with Gasteiger partial charge < -0.3 is 0 Å². The van der Waals surface area contributed by atoms with E-state index in [4.69, 9.17) is 0 Å². The number of nitrogens with zero attached hydrogens (tertiary/aromatic N) is 4. The van der Waals surface area contributed by atoms with Gasteiger partial charge in [0, 0.05) is 16.1 Å². The largest absolute Gasteiger partial charge is 0.272 e. The fraction of sp³-hybridized carbons (Fsp3) is 0.231. The van der Waals surface area contributed by atoms with E-state index in [1.807, 2.05) is 59.3 Å². The molecule has 4 rings (SSSR count). The second-order valence-corrected chi connectivity index (χ2v) is 10.7. The van der Waals surface area contributed by atoms with Crippen molar-refractivity contribution in [3.8, 4) is 17.1 Å². The SMILES string of the molecule is C/C(=N\NC(=O)CSc1nnc(-c2ccc(C(C)(C)C)cc2)n1-c1ccccc1)c1cccs1. The number of amides is 1. The summed E-state index contributed by atoms with van der Waals surface area (Å²) in [6, 6.07) is 22.3. The van der Waals surface area contributed by atoms with Crippen molar-refractivity contribution in [2.24, 2.45) is 5.10 Å². The quantitative estimate of drug-likeness (QED) is 0.199. The molecule has 0 unspecified atom stereocenters. The smallest absolute Gasteiger partial charge is 0.250 e. The maximum absolute atomic E-state index is 12.5. The molecular formula is C26H27N5OS2.